The number of alkyl halides is 3. The lowest BCUT2D eigenvalue weighted by Crippen LogP contribution is -2.16. The summed E-state index contributed by atoms with van der Waals surface area (Å²) in [7, 11) is 0. The first-order valence-corrected chi connectivity index (χ1v) is 5.27. The molecule has 0 N–H and O–H groups in total. The number of rotatable bonds is 3. The maximum absolute atomic E-state index is 12.0. The predicted octanol–water partition coefficient (Wildman–Crippen LogP) is 4.65. The Labute approximate surface area is 106 Å². The van der Waals surface area contributed by atoms with Crippen LogP contribution in [0.2, 0.25) is 0 Å². The van der Waals surface area contributed by atoms with Crippen LogP contribution in [0, 0.1) is 4.91 Å². The lowest BCUT2D eigenvalue weighted by Gasteiger charge is -2.09. The standard InChI is InChI=1S/C13H8F3NO2/c14-13(15,16)19-12-7-3-10(4-8-12)9-1-5-11(17-18)6-2-9/h1-8H. The molecule has 0 aliphatic heterocycles. The number of hydrogen-bond acceptors (Lipinski definition) is 3. The number of hydrogen-bond donors (Lipinski definition) is 0. The van der Waals surface area contributed by atoms with Crippen molar-refractivity contribution < 1.29 is 17.9 Å². The summed E-state index contributed by atoms with van der Waals surface area (Å²) in [6.45, 7) is 0. The Balaban J connectivity index is 2.19. The molecule has 3 nitrogen and oxygen atoms in total. The number of benzene rings is 2. The van der Waals surface area contributed by atoms with Crippen LogP contribution in [-0.2, 0) is 0 Å². The molecule has 0 amide bonds. The Morgan fingerprint density at radius 2 is 1.32 bits per heavy atom. The van der Waals surface area contributed by atoms with Crippen molar-refractivity contribution in [2.75, 3.05) is 0 Å². The second-order valence-corrected chi connectivity index (χ2v) is 3.71. The third-order valence-corrected chi connectivity index (χ3v) is 2.39. The quantitative estimate of drug-likeness (QED) is 0.759. The fraction of sp³-hybridized carbons (Fsp3) is 0.0769. The van der Waals surface area contributed by atoms with Crippen molar-refractivity contribution in [1.82, 2.24) is 0 Å². The van der Waals surface area contributed by atoms with Crippen molar-refractivity contribution in [3.05, 3.63) is 53.4 Å². The highest BCUT2D eigenvalue weighted by Crippen LogP contribution is 2.27. The molecule has 0 saturated carbocycles. The molecule has 2 aromatic rings. The summed E-state index contributed by atoms with van der Waals surface area (Å²) in [5.41, 5.74) is 1.78. The van der Waals surface area contributed by atoms with Gasteiger partial charge in [-0.2, -0.15) is 0 Å². The van der Waals surface area contributed by atoms with Crippen molar-refractivity contribution in [3.8, 4) is 16.9 Å². The molecule has 0 spiro atoms. The van der Waals surface area contributed by atoms with Gasteiger partial charge in [-0.3, -0.25) is 0 Å². The molecule has 2 rings (SSSR count). The van der Waals surface area contributed by atoms with E-state index in [0.29, 0.717) is 11.3 Å². The molecule has 0 radical (unpaired) electrons. The van der Waals surface area contributed by atoms with Gasteiger partial charge in [-0.25, -0.2) is 0 Å². The smallest absolute Gasteiger partial charge is 0.406 e. The van der Waals surface area contributed by atoms with Crippen LogP contribution in [0.25, 0.3) is 11.1 Å². The second-order valence-electron chi connectivity index (χ2n) is 3.71. The van der Waals surface area contributed by atoms with Crippen molar-refractivity contribution in [2.24, 2.45) is 5.18 Å². The van der Waals surface area contributed by atoms with Crippen molar-refractivity contribution in [3.63, 3.8) is 0 Å². The van der Waals surface area contributed by atoms with Gasteiger partial charge in [-0.15, -0.1) is 18.1 Å². The average Bonchev–Trinajstić information content (AvgIpc) is 2.38. The first kappa shape index (κ1) is 13.1. The van der Waals surface area contributed by atoms with E-state index in [-0.39, 0.29) is 5.75 Å². The first-order chi connectivity index (χ1) is 8.98. The van der Waals surface area contributed by atoms with Gasteiger partial charge in [0.25, 0.3) is 0 Å². The second kappa shape index (κ2) is 5.09. The average molecular weight is 267 g/mol. The van der Waals surface area contributed by atoms with Crippen LogP contribution < -0.4 is 4.74 Å². The normalized spacial score (nSPS) is 11.1. The molecule has 0 aliphatic rings. The fourth-order valence-electron chi connectivity index (χ4n) is 1.56. The van der Waals surface area contributed by atoms with E-state index < -0.39 is 6.36 Å². The van der Waals surface area contributed by atoms with Gasteiger partial charge >= 0.3 is 6.36 Å². The molecule has 0 bridgehead atoms. The maximum atomic E-state index is 12.0. The van der Waals surface area contributed by atoms with Gasteiger partial charge in [0, 0.05) is 0 Å². The molecule has 0 heterocycles. The van der Waals surface area contributed by atoms with Crippen molar-refractivity contribution in [2.45, 2.75) is 6.36 Å². The molecular formula is C13H8F3NO2. The van der Waals surface area contributed by atoms with Crippen LogP contribution in [-0.4, -0.2) is 6.36 Å². The Morgan fingerprint density at radius 1 is 0.842 bits per heavy atom. The van der Waals surface area contributed by atoms with Gasteiger partial charge in [0.05, 0.1) is 0 Å². The molecule has 19 heavy (non-hydrogen) atoms. The number of nitroso groups, excluding NO2 is 1. The fourth-order valence-corrected chi connectivity index (χ4v) is 1.56. The monoisotopic (exact) mass is 267 g/mol. The van der Waals surface area contributed by atoms with Crippen LogP contribution >= 0.6 is 0 Å². The predicted molar refractivity (Wildman–Crippen MR) is 64.0 cm³/mol. The molecular weight excluding hydrogens is 259 g/mol. The molecule has 2 aromatic carbocycles. The van der Waals surface area contributed by atoms with E-state index in [1.807, 2.05) is 0 Å². The van der Waals surface area contributed by atoms with Crippen LogP contribution in [0.5, 0.6) is 5.75 Å². The first-order valence-electron chi connectivity index (χ1n) is 5.27. The number of halogens is 3. The van der Waals surface area contributed by atoms with E-state index in [2.05, 4.69) is 9.91 Å². The molecule has 0 saturated heterocycles. The minimum absolute atomic E-state index is 0.276. The van der Waals surface area contributed by atoms with Crippen molar-refractivity contribution in [1.29, 1.82) is 0 Å². The number of ether oxygens (including phenoxy) is 1. The Hall–Kier alpha value is -2.37. The van der Waals surface area contributed by atoms with Crippen molar-refractivity contribution >= 4 is 5.69 Å². The summed E-state index contributed by atoms with van der Waals surface area (Å²) in [5, 5.41) is 2.76. The topological polar surface area (TPSA) is 38.7 Å². The van der Waals surface area contributed by atoms with Crippen LogP contribution in [0.3, 0.4) is 0 Å². The molecule has 0 aromatic heterocycles. The highest BCUT2D eigenvalue weighted by molar-refractivity contribution is 5.65. The highest BCUT2D eigenvalue weighted by atomic mass is 19.4. The minimum Gasteiger partial charge on any atom is -0.406 e. The maximum Gasteiger partial charge on any atom is 0.573 e. The van der Waals surface area contributed by atoms with Crippen LogP contribution in [0.15, 0.2) is 53.7 Å². The molecule has 98 valence electrons. The summed E-state index contributed by atoms with van der Waals surface area (Å²) in [5.74, 6) is -0.276. The van der Waals surface area contributed by atoms with Gasteiger partial charge in [0.1, 0.15) is 11.4 Å². The molecule has 0 fully saturated rings. The summed E-state index contributed by atoms with van der Waals surface area (Å²) in [6.07, 6.45) is -4.70. The van der Waals surface area contributed by atoms with Crippen LogP contribution in [0.4, 0.5) is 18.9 Å². The van der Waals surface area contributed by atoms with E-state index in [9.17, 15) is 18.1 Å². The van der Waals surface area contributed by atoms with Gasteiger partial charge in [-0.1, -0.05) is 24.3 Å². The van der Waals surface area contributed by atoms with Gasteiger partial charge in [0.15, 0.2) is 0 Å². The zero-order valence-corrected chi connectivity index (χ0v) is 9.52. The molecule has 6 heteroatoms. The Bertz CT molecular complexity index is 562. The van der Waals surface area contributed by atoms with Gasteiger partial charge in [-0.05, 0) is 40.6 Å². The van der Waals surface area contributed by atoms with E-state index in [1.165, 1.54) is 36.4 Å². The summed E-state index contributed by atoms with van der Waals surface area (Å²) in [6, 6.07) is 11.9. The van der Waals surface area contributed by atoms with Crippen LogP contribution in [0.1, 0.15) is 0 Å². The largest absolute Gasteiger partial charge is 0.573 e. The lowest BCUT2D eigenvalue weighted by molar-refractivity contribution is -0.274. The zero-order valence-electron chi connectivity index (χ0n) is 9.52. The van der Waals surface area contributed by atoms with Gasteiger partial charge in [0.2, 0.25) is 0 Å². The van der Waals surface area contributed by atoms with E-state index in [4.69, 9.17) is 0 Å². The molecule has 0 unspecified atom stereocenters. The number of nitrogens with zero attached hydrogens (tertiary/aromatic N) is 1. The van der Waals surface area contributed by atoms with E-state index in [1.54, 1.807) is 12.1 Å². The summed E-state index contributed by atoms with van der Waals surface area (Å²) < 4.78 is 39.7. The summed E-state index contributed by atoms with van der Waals surface area (Å²) >= 11 is 0. The third kappa shape index (κ3) is 3.54. The lowest BCUT2D eigenvalue weighted by atomic mass is 10.1. The highest BCUT2D eigenvalue weighted by Gasteiger charge is 2.30. The Kier molecular flexibility index (Phi) is 3.50. The van der Waals surface area contributed by atoms with E-state index in [0.717, 1.165) is 5.56 Å². The van der Waals surface area contributed by atoms with E-state index >= 15 is 0 Å². The Morgan fingerprint density at radius 3 is 1.74 bits per heavy atom. The van der Waals surface area contributed by atoms with Gasteiger partial charge < -0.3 is 4.74 Å². The zero-order chi connectivity index (χ0) is 13.9. The minimum atomic E-state index is -4.70. The molecule has 0 aliphatic carbocycles. The summed E-state index contributed by atoms with van der Waals surface area (Å²) in [4.78, 5) is 10.3. The molecule has 0 atom stereocenters. The SMILES string of the molecule is O=Nc1ccc(-c2ccc(OC(F)(F)F)cc2)cc1. The third-order valence-electron chi connectivity index (χ3n) is 2.39.